The molecule has 0 amide bonds. The molecule has 1 N–H and O–H groups in total. The molecule has 0 bridgehead atoms. The predicted octanol–water partition coefficient (Wildman–Crippen LogP) is 5.43. The fourth-order valence-corrected chi connectivity index (χ4v) is 3.57. The highest BCUT2D eigenvalue weighted by Gasteiger charge is 2.17. The first-order valence-electron chi connectivity index (χ1n) is 10.0. The lowest BCUT2D eigenvalue weighted by molar-refractivity contribution is 0.138. The van der Waals surface area contributed by atoms with Crippen molar-refractivity contribution in [3.05, 3.63) is 59.2 Å². The van der Waals surface area contributed by atoms with E-state index in [1.54, 1.807) is 36.1 Å². The minimum atomic E-state index is -2.39. The number of aryl methyl sites for hydroxylation is 1. The summed E-state index contributed by atoms with van der Waals surface area (Å²) in [6, 6.07) is 5.75. The van der Waals surface area contributed by atoms with E-state index in [1.165, 1.54) is 12.1 Å². The summed E-state index contributed by atoms with van der Waals surface area (Å²) >= 11 is 0. The number of rotatable bonds is 9. The van der Waals surface area contributed by atoms with Crippen LogP contribution in [0.2, 0.25) is 0 Å². The van der Waals surface area contributed by atoms with E-state index in [4.69, 9.17) is 4.98 Å². The highest BCUT2D eigenvalue weighted by molar-refractivity contribution is 5.72. The maximum absolute atomic E-state index is 13.8. The first-order chi connectivity index (χ1) is 14.4. The molecule has 2 heterocycles. The van der Waals surface area contributed by atoms with Crippen molar-refractivity contribution in [2.45, 2.75) is 51.5 Å². The smallest absolute Gasteiger partial charge is 0.239 e. The molecule has 3 aromatic rings. The molecule has 0 aliphatic carbocycles. The van der Waals surface area contributed by atoms with E-state index >= 15 is 0 Å². The number of alkyl halides is 2. The molecule has 1 aromatic carbocycles. The van der Waals surface area contributed by atoms with Gasteiger partial charge in [0.25, 0.3) is 0 Å². The number of benzene rings is 1. The summed E-state index contributed by atoms with van der Waals surface area (Å²) in [4.78, 5) is 8.83. The Balaban J connectivity index is 1.88. The Hall–Kier alpha value is -2.90. The van der Waals surface area contributed by atoms with Crippen LogP contribution in [0.1, 0.15) is 55.3 Å². The third kappa shape index (κ3) is 4.98. The quantitative estimate of drug-likeness (QED) is 0.472. The molecule has 0 radical (unpaired) electrons. The number of nitrogens with zero attached hydrogens (tertiary/aromatic N) is 4. The van der Waals surface area contributed by atoms with Gasteiger partial charge in [0.05, 0.1) is 12.2 Å². The lowest BCUT2D eigenvalue weighted by Crippen LogP contribution is -2.12. The molecule has 0 aliphatic rings. The second-order valence-electron chi connectivity index (χ2n) is 7.24. The van der Waals surface area contributed by atoms with Crippen molar-refractivity contribution in [2.75, 3.05) is 12.4 Å². The van der Waals surface area contributed by atoms with Gasteiger partial charge in [0, 0.05) is 37.4 Å². The molecule has 0 spiro atoms. The zero-order chi connectivity index (χ0) is 21.7. The van der Waals surface area contributed by atoms with Gasteiger partial charge in [-0.05, 0) is 49.1 Å². The van der Waals surface area contributed by atoms with Gasteiger partial charge in [0.15, 0.2) is 5.65 Å². The highest BCUT2D eigenvalue weighted by atomic mass is 19.3. The summed E-state index contributed by atoms with van der Waals surface area (Å²) in [6.45, 7) is 3.94. The number of nitrogens with one attached hydrogen (secondary N) is 1. The molecular weight excluding hydrogens is 391 g/mol. The van der Waals surface area contributed by atoms with E-state index in [-0.39, 0.29) is 24.8 Å². The van der Waals surface area contributed by atoms with Crippen LogP contribution in [0.25, 0.3) is 5.65 Å². The van der Waals surface area contributed by atoms with E-state index in [0.29, 0.717) is 16.9 Å². The van der Waals surface area contributed by atoms with E-state index in [0.717, 1.165) is 17.6 Å². The molecule has 5 nitrogen and oxygen atoms in total. The summed E-state index contributed by atoms with van der Waals surface area (Å²) in [6.07, 6.45) is 3.88. The van der Waals surface area contributed by atoms with E-state index in [9.17, 15) is 13.2 Å². The fraction of sp³-hybridized carbons (Fsp3) is 0.409. The fourth-order valence-electron chi connectivity index (χ4n) is 3.57. The second kappa shape index (κ2) is 9.73. The zero-order valence-electron chi connectivity index (χ0n) is 17.3. The predicted molar refractivity (Wildman–Crippen MR) is 113 cm³/mol. The van der Waals surface area contributed by atoms with Crippen LogP contribution in [0, 0.1) is 5.82 Å². The maximum atomic E-state index is 13.8. The van der Waals surface area contributed by atoms with Crippen LogP contribution in [-0.4, -0.2) is 34.3 Å². The van der Waals surface area contributed by atoms with Gasteiger partial charge in [-0.3, -0.25) is 0 Å². The first-order valence-corrected chi connectivity index (χ1v) is 10.0. The zero-order valence-corrected chi connectivity index (χ0v) is 17.3. The molecule has 160 valence electrons. The summed E-state index contributed by atoms with van der Waals surface area (Å²) in [5.74, 6) is 0.312. The van der Waals surface area contributed by atoms with Crippen LogP contribution >= 0.6 is 0 Å². The molecule has 0 saturated heterocycles. The SMILES string of the molecule is CCC(C=NC)c1cnn2ccc(NC(C)c3cc(F)ccc3CCC(F)F)nc12. The molecule has 0 aliphatic heterocycles. The van der Waals surface area contributed by atoms with Crippen molar-refractivity contribution < 1.29 is 13.2 Å². The minimum Gasteiger partial charge on any atom is -0.363 e. The van der Waals surface area contributed by atoms with E-state index < -0.39 is 12.2 Å². The Bertz CT molecular complexity index is 1020. The van der Waals surface area contributed by atoms with Gasteiger partial charge < -0.3 is 10.3 Å². The van der Waals surface area contributed by atoms with Crippen molar-refractivity contribution in [3.8, 4) is 0 Å². The van der Waals surface area contributed by atoms with Crippen molar-refractivity contribution in [1.29, 1.82) is 0 Å². The number of halogens is 3. The van der Waals surface area contributed by atoms with E-state index in [2.05, 4.69) is 22.3 Å². The van der Waals surface area contributed by atoms with Crippen LogP contribution < -0.4 is 5.32 Å². The summed E-state index contributed by atoms with van der Waals surface area (Å²) in [5.41, 5.74) is 3.04. The van der Waals surface area contributed by atoms with E-state index in [1.807, 2.05) is 13.1 Å². The third-order valence-corrected chi connectivity index (χ3v) is 5.14. The van der Waals surface area contributed by atoms with Gasteiger partial charge in [0.2, 0.25) is 6.43 Å². The molecule has 2 aromatic heterocycles. The highest BCUT2D eigenvalue weighted by Crippen LogP contribution is 2.26. The van der Waals surface area contributed by atoms with Crippen LogP contribution in [0.5, 0.6) is 0 Å². The molecule has 30 heavy (non-hydrogen) atoms. The second-order valence-corrected chi connectivity index (χ2v) is 7.24. The Morgan fingerprint density at radius 1 is 1.23 bits per heavy atom. The van der Waals surface area contributed by atoms with Crippen LogP contribution in [0.4, 0.5) is 19.0 Å². The molecule has 2 unspecified atom stereocenters. The number of hydrogen-bond donors (Lipinski definition) is 1. The lowest BCUT2D eigenvalue weighted by atomic mass is 9.97. The standard InChI is InChI=1S/C22H26F3N5/c1-4-15(12-26-3)19-13-27-30-10-9-21(29-22(19)30)28-14(2)18-11-17(23)7-5-16(18)6-8-20(24)25/h5,7,9-15,20H,4,6,8H2,1-3H3,(H,28,29). The molecule has 8 heteroatoms. The van der Waals surface area contributed by atoms with Crippen molar-refractivity contribution >= 4 is 17.7 Å². The molecule has 0 saturated carbocycles. The van der Waals surface area contributed by atoms with Gasteiger partial charge >= 0.3 is 0 Å². The molecule has 0 fully saturated rings. The monoisotopic (exact) mass is 417 g/mol. The lowest BCUT2D eigenvalue weighted by Gasteiger charge is -2.19. The van der Waals surface area contributed by atoms with Crippen LogP contribution in [0.15, 0.2) is 41.7 Å². The maximum Gasteiger partial charge on any atom is 0.239 e. The van der Waals surface area contributed by atoms with Crippen LogP contribution in [-0.2, 0) is 6.42 Å². The number of aromatic nitrogens is 3. The first kappa shape index (κ1) is 21.8. The average molecular weight is 417 g/mol. The number of anilines is 1. The topological polar surface area (TPSA) is 54.6 Å². The van der Waals surface area contributed by atoms with Crippen molar-refractivity contribution in [3.63, 3.8) is 0 Å². The minimum absolute atomic E-state index is 0.108. The third-order valence-electron chi connectivity index (χ3n) is 5.14. The van der Waals surface area contributed by atoms with Gasteiger partial charge in [-0.1, -0.05) is 13.0 Å². The van der Waals surface area contributed by atoms with Crippen molar-refractivity contribution in [2.24, 2.45) is 4.99 Å². The molecule has 3 rings (SSSR count). The van der Waals surface area contributed by atoms with Gasteiger partial charge in [-0.15, -0.1) is 0 Å². The average Bonchev–Trinajstić information content (AvgIpc) is 3.14. The summed E-state index contributed by atoms with van der Waals surface area (Å²) in [7, 11) is 1.74. The van der Waals surface area contributed by atoms with Gasteiger partial charge in [-0.2, -0.15) is 5.10 Å². The summed E-state index contributed by atoms with van der Waals surface area (Å²) < 4.78 is 40.9. The molecule has 2 atom stereocenters. The van der Waals surface area contributed by atoms with Crippen molar-refractivity contribution in [1.82, 2.24) is 14.6 Å². The Labute approximate surface area is 174 Å². The largest absolute Gasteiger partial charge is 0.363 e. The Morgan fingerprint density at radius 2 is 2.03 bits per heavy atom. The summed E-state index contributed by atoms with van der Waals surface area (Å²) in [5, 5.41) is 7.63. The number of aliphatic imine (C=N–C) groups is 1. The van der Waals surface area contributed by atoms with Gasteiger partial charge in [-0.25, -0.2) is 22.7 Å². The number of hydrogen-bond acceptors (Lipinski definition) is 4. The van der Waals surface area contributed by atoms with Crippen LogP contribution in [0.3, 0.4) is 0 Å². The Morgan fingerprint density at radius 3 is 2.73 bits per heavy atom. The Kier molecular flexibility index (Phi) is 7.07. The molecular formula is C22H26F3N5. The number of fused-ring (bicyclic) bond motifs is 1. The normalized spacial score (nSPS) is 14.0. The van der Waals surface area contributed by atoms with Gasteiger partial charge in [0.1, 0.15) is 11.6 Å².